The summed E-state index contributed by atoms with van der Waals surface area (Å²) in [4.78, 5) is 10.9. The molecular formula is C16H14N2O3. The zero-order chi connectivity index (χ0) is 14.8. The van der Waals surface area contributed by atoms with Gasteiger partial charge in [-0.1, -0.05) is 24.3 Å². The SMILES string of the molecule is Nc1cc(C(=O)O)ccc1/C=C\c1ccc2c(c1)OCN2. The van der Waals surface area contributed by atoms with E-state index in [1.165, 1.54) is 12.1 Å². The van der Waals surface area contributed by atoms with Gasteiger partial charge in [0.2, 0.25) is 0 Å². The number of nitrogens with two attached hydrogens (primary N) is 1. The molecule has 1 heterocycles. The van der Waals surface area contributed by atoms with Crippen molar-refractivity contribution < 1.29 is 14.6 Å². The fraction of sp³-hybridized carbons (Fsp3) is 0.0625. The molecule has 0 saturated carbocycles. The molecule has 2 aromatic rings. The monoisotopic (exact) mass is 282 g/mol. The lowest BCUT2D eigenvalue weighted by molar-refractivity contribution is 0.0697. The van der Waals surface area contributed by atoms with Crippen molar-refractivity contribution in [3.8, 4) is 5.75 Å². The van der Waals surface area contributed by atoms with Crippen LogP contribution in [0, 0.1) is 0 Å². The van der Waals surface area contributed by atoms with E-state index in [-0.39, 0.29) is 5.56 Å². The second-order valence-corrected chi connectivity index (χ2v) is 4.70. The van der Waals surface area contributed by atoms with E-state index in [1.54, 1.807) is 6.07 Å². The lowest BCUT2D eigenvalue weighted by Crippen LogP contribution is -1.98. The number of carboxylic acids is 1. The van der Waals surface area contributed by atoms with E-state index in [4.69, 9.17) is 15.6 Å². The summed E-state index contributed by atoms with van der Waals surface area (Å²) in [6, 6.07) is 10.6. The highest BCUT2D eigenvalue weighted by Gasteiger charge is 2.10. The highest BCUT2D eigenvalue weighted by Crippen LogP contribution is 2.30. The first-order chi connectivity index (χ1) is 10.1. The molecule has 0 radical (unpaired) electrons. The highest BCUT2D eigenvalue weighted by molar-refractivity contribution is 5.90. The van der Waals surface area contributed by atoms with Gasteiger partial charge in [-0.3, -0.25) is 0 Å². The lowest BCUT2D eigenvalue weighted by atomic mass is 10.1. The summed E-state index contributed by atoms with van der Waals surface area (Å²) in [5.41, 5.74) is 9.23. The van der Waals surface area contributed by atoms with Crippen molar-refractivity contribution in [1.29, 1.82) is 0 Å². The Balaban J connectivity index is 1.84. The maximum Gasteiger partial charge on any atom is 0.335 e. The van der Waals surface area contributed by atoms with Crippen molar-refractivity contribution in [2.45, 2.75) is 0 Å². The van der Waals surface area contributed by atoms with Crippen molar-refractivity contribution in [3.63, 3.8) is 0 Å². The Morgan fingerprint density at radius 3 is 2.86 bits per heavy atom. The third kappa shape index (κ3) is 2.67. The Kier molecular flexibility index (Phi) is 3.23. The van der Waals surface area contributed by atoms with E-state index in [0.29, 0.717) is 12.4 Å². The molecule has 5 heteroatoms. The first-order valence-corrected chi connectivity index (χ1v) is 6.45. The Morgan fingerprint density at radius 2 is 2.10 bits per heavy atom. The van der Waals surface area contributed by atoms with Gasteiger partial charge in [0.1, 0.15) is 5.75 Å². The second kappa shape index (κ2) is 5.20. The van der Waals surface area contributed by atoms with Crippen molar-refractivity contribution >= 4 is 29.5 Å². The first kappa shape index (κ1) is 13.1. The number of aromatic carboxylic acids is 1. The maximum atomic E-state index is 10.9. The summed E-state index contributed by atoms with van der Waals surface area (Å²) in [7, 11) is 0. The molecule has 5 nitrogen and oxygen atoms in total. The number of anilines is 2. The predicted molar refractivity (Wildman–Crippen MR) is 82.3 cm³/mol. The van der Waals surface area contributed by atoms with Crippen LogP contribution in [0.15, 0.2) is 36.4 Å². The third-order valence-electron chi connectivity index (χ3n) is 3.29. The zero-order valence-corrected chi connectivity index (χ0v) is 11.2. The molecule has 0 saturated heterocycles. The van der Waals surface area contributed by atoms with Crippen molar-refractivity contribution in [3.05, 3.63) is 53.1 Å². The Hall–Kier alpha value is -2.95. The average molecular weight is 282 g/mol. The van der Waals surface area contributed by atoms with Crippen LogP contribution in [0.2, 0.25) is 0 Å². The number of carboxylic acid groups (broad SMARTS) is 1. The van der Waals surface area contributed by atoms with Gasteiger partial charge in [-0.05, 0) is 35.4 Å². The lowest BCUT2D eigenvalue weighted by Gasteiger charge is -2.03. The number of hydrogen-bond acceptors (Lipinski definition) is 4. The zero-order valence-electron chi connectivity index (χ0n) is 11.2. The number of rotatable bonds is 3. The highest BCUT2D eigenvalue weighted by atomic mass is 16.5. The van der Waals surface area contributed by atoms with Crippen LogP contribution in [0.4, 0.5) is 11.4 Å². The van der Waals surface area contributed by atoms with Gasteiger partial charge in [-0.2, -0.15) is 0 Å². The number of fused-ring (bicyclic) bond motifs is 1. The Labute approximate surface area is 121 Å². The molecule has 0 atom stereocenters. The number of nitrogen functional groups attached to an aromatic ring is 1. The molecule has 2 aromatic carbocycles. The van der Waals surface area contributed by atoms with Crippen LogP contribution in [0.3, 0.4) is 0 Å². The summed E-state index contributed by atoms with van der Waals surface area (Å²) >= 11 is 0. The minimum atomic E-state index is -0.986. The molecule has 1 aliphatic rings. The topological polar surface area (TPSA) is 84.6 Å². The molecule has 0 spiro atoms. The standard InChI is InChI=1S/C16H14N2O3/c17-13-8-12(16(19)20)5-4-11(13)3-1-10-2-6-14-15(7-10)21-9-18-14/h1-8,18H,9,17H2,(H,19,20)/b3-1-. The number of nitrogens with one attached hydrogen (secondary N) is 1. The normalized spacial score (nSPS) is 12.8. The summed E-state index contributed by atoms with van der Waals surface area (Å²) < 4.78 is 5.42. The number of carbonyl (C=O) groups is 1. The van der Waals surface area contributed by atoms with Gasteiger partial charge in [-0.25, -0.2) is 4.79 Å². The largest absolute Gasteiger partial charge is 0.478 e. The molecule has 0 amide bonds. The van der Waals surface area contributed by atoms with E-state index in [1.807, 2.05) is 30.4 Å². The molecule has 3 rings (SSSR count). The van der Waals surface area contributed by atoms with Crippen molar-refractivity contribution in [2.24, 2.45) is 0 Å². The van der Waals surface area contributed by atoms with E-state index in [9.17, 15) is 4.79 Å². The van der Waals surface area contributed by atoms with Crippen molar-refractivity contribution in [1.82, 2.24) is 0 Å². The summed E-state index contributed by atoms with van der Waals surface area (Å²) in [5.74, 6) is -0.160. The molecule has 21 heavy (non-hydrogen) atoms. The van der Waals surface area contributed by atoms with Crippen LogP contribution >= 0.6 is 0 Å². The van der Waals surface area contributed by atoms with Crippen LogP contribution in [-0.2, 0) is 0 Å². The van der Waals surface area contributed by atoms with Gasteiger partial charge in [0, 0.05) is 5.69 Å². The minimum absolute atomic E-state index is 0.182. The van der Waals surface area contributed by atoms with Crippen molar-refractivity contribution in [2.75, 3.05) is 17.8 Å². The van der Waals surface area contributed by atoms with Gasteiger partial charge in [0.05, 0.1) is 11.3 Å². The Bertz CT molecular complexity index is 738. The molecule has 0 unspecified atom stereocenters. The summed E-state index contributed by atoms with van der Waals surface area (Å²) in [6.07, 6.45) is 3.76. The van der Waals surface area contributed by atoms with E-state index in [0.717, 1.165) is 22.6 Å². The van der Waals surface area contributed by atoms with E-state index in [2.05, 4.69) is 5.32 Å². The summed E-state index contributed by atoms with van der Waals surface area (Å²) in [6.45, 7) is 0.492. The molecule has 0 bridgehead atoms. The van der Waals surface area contributed by atoms with Crippen LogP contribution in [0.25, 0.3) is 12.2 Å². The van der Waals surface area contributed by atoms with Gasteiger partial charge >= 0.3 is 5.97 Å². The van der Waals surface area contributed by atoms with Crippen LogP contribution in [-0.4, -0.2) is 17.8 Å². The van der Waals surface area contributed by atoms with Gasteiger partial charge in [0.15, 0.2) is 6.73 Å². The number of ether oxygens (including phenoxy) is 1. The van der Waals surface area contributed by atoms with E-state index < -0.39 is 5.97 Å². The molecule has 0 aliphatic carbocycles. The molecule has 0 fully saturated rings. The van der Waals surface area contributed by atoms with Gasteiger partial charge < -0.3 is 20.9 Å². The van der Waals surface area contributed by atoms with Gasteiger partial charge in [0.25, 0.3) is 0 Å². The molecular weight excluding hydrogens is 268 g/mol. The fourth-order valence-corrected chi connectivity index (χ4v) is 2.15. The third-order valence-corrected chi connectivity index (χ3v) is 3.29. The molecule has 0 aromatic heterocycles. The molecule has 4 N–H and O–H groups in total. The second-order valence-electron chi connectivity index (χ2n) is 4.70. The predicted octanol–water partition coefficient (Wildman–Crippen LogP) is 2.90. The fourth-order valence-electron chi connectivity index (χ4n) is 2.15. The summed E-state index contributed by atoms with van der Waals surface area (Å²) in [5, 5.41) is 12.0. The maximum absolute atomic E-state index is 10.9. The van der Waals surface area contributed by atoms with E-state index >= 15 is 0 Å². The smallest absolute Gasteiger partial charge is 0.335 e. The Morgan fingerprint density at radius 1 is 1.24 bits per heavy atom. The van der Waals surface area contributed by atoms with Crippen LogP contribution in [0.1, 0.15) is 21.5 Å². The first-order valence-electron chi connectivity index (χ1n) is 6.45. The van der Waals surface area contributed by atoms with Crippen LogP contribution in [0.5, 0.6) is 5.75 Å². The average Bonchev–Trinajstić information content (AvgIpc) is 2.93. The number of hydrogen-bond donors (Lipinski definition) is 3. The molecule has 1 aliphatic heterocycles. The van der Waals surface area contributed by atoms with Crippen LogP contribution < -0.4 is 15.8 Å². The number of benzene rings is 2. The molecule has 106 valence electrons. The van der Waals surface area contributed by atoms with Gasteiger partial charge in [-0.15, -0.1) is 0 Å². The minimum Gasteiger partial charge on any atom is -0.478 e. The quantitative estimate of drug-likeness (QED) is 0.595.